The highest BCUT2D eigenvalue weighted by Crippen LogP contribution is 2.25. The predicted molar refractivity (Wildman–Crippen MR) is 79.8 cm³/mol. The van der Waals surface area contributed by atoms with E-state index < -0.39 is 0 Å². The van der Waals surface area contributed by atoms with E-state index in [1.54, 1.807) is 29.3 Å². The first-order valence-corrected chi connectivity index (χ1v) is 7.85. The molecule has 1 N–H and O–H groups in total. The summed E-state index contributed by atoms with van der Waals surface area (Å²) < 4.78 is 0.990. The van der Waals surface area contributed by atoms with Crippen molar-refractivity contribution in [3.05, 3.63) is 44.7 Å². The Labute approximate surface area is 123 Å². The van der Waals surface area contributed by atoms with Crippen molar-refractivity contribution >= 4 is 39.0 Å². The minimum atomic E-state index is -0.0945. The molecule has 2 aromatic heterocycles. The summed E-state index contributed by atoms with van der Waals surface area (Å²) in [6, 6.07) is 6.04. The Morgan fingerprint density at radius 2 is 2.33 bits per heavy atom. The minimum absolute atomic E-state index is 0.0945. The molecule has 2 rings (SSSR count). The number of halogens is 1. The third-order valence-electron chi connectivity index (χ3n) is 2.03. The maximum atomic E-state index is 8.62. The molecule has 92 valence electrons. The number of aromatic nitrogens is 1. The molecule has 2 aromatic rings. The molecule has 0 aliphatic rings. The first-order valence-electron chi connectivity index (χ1n) is 5.19. The van der Waals surface area contributed by atoms with Gasteiger partial charge in [-0.25, -0.2) is 4.98 Å². The molecule has 0 aromatic carbocycles. The van der Waals surface area contributed by atoms with Crippen LogP contribution in [0.5, 0.6) is 0 Å². The molecule has 0 aliphatic heterocycles. The van der Waals surface area contributed by atoms with Gasteiger partial charge in [-0.1, -0.05) is 11.8 Å². The van der Waals surface area contributed by atoms with E-state index in [0.717, 1.165) is 20.8 Å². The average molecular weight is 340 g/mol. The third-order valence-corrected chi connectivity index (χ3v) is 4.61. The Balaban J connectivity index is 1.94. The zero-order chi connectivity index (χ0) is 12.8. The van der Waals surface area contributed by atoms with Gasteiger partial charge in [-0.2, -0.15) is 0 Å². The van der Waals surface area contributed by atoms with Crippen molar-refractivity contribution in [3.63, 3.8) is 0 Å². The molecule has 2 nitrogen and oxygen atoms in total. The molecule has 0 spiro atoms. The summed E-state index contributed by atoms with van der Waals surface area (Å²) in [5.74, 6) is 6.43. The van der Waals surface area contributed by atoms with Crippen LogP contribution >= 0.6 is 39.0 Å². The molecule has 0 saturated heterocycles. The summed E-state index contributed by atoms with van der Waals surface area (Å²) in [6.45, 7) is -0.0945. The Hall–Kier alpha value is -0.800. The SMILES string of the molecule is OCC#Cc1csc(CSc2ccc(Br)cn2)c1. The highest BCUT2D eigenvalue weighted by molar-refractivity contribution is 9.10. The molecule has 5 heteroatoms. The molecule has 0 bridgehead atoms. The molecular weight excluding hydrogens is 330 g/mol. The van der Waals surface area contributed by atoms with E-state index in [2.05, 4.69) is 38.8 Å². The van der Waals surface area contributed by atoms with E-state index in [-0.39, 0.29) is 6.61 Å². The molecule has 0 atom stereocenters. The Morgan fingerprint density at radius 3 is 3.06 bits per heavy atom. The molecule has 0 fully saturated rings. The van der Waals surface area contributed by atoms with Crippen LogP contribution in [-0.4, -0.2) is 16.7 Å². The van der Waals surface area contributed by atoms with E-state index in [9.17, 15) is 0 Å². The molecule has 0 unspecified atom stereocenters. The number of rotatable bonds is 3. The van der Waals surface area contributed by atoms with Crippen molar-refractivity contribution < 1.29 is 5.11 Å². The standard InChI is InChI=1S/C13H10BrNOS2/c14-11-3-4-13(15-7-11)18-9-12-6-10(8-17-12)2-1-5-16/h3-4,6-8,16H,5,9H2. The van der Waals surface area contributed by atoms with Crippen molar-refractivity contribution in [2.24, 2.45) is 0 Å². The van der Waals surface area contributed by atoms with Gasteiger partial charge in [0.25, 0.3) is 0 Å². The summed E-state index contributed by atoms with van der Waals surface area (Å²) in [4.78, 5) is 5.57. The van der Waals surface area contributed by atoms with Crippen molar-refractivity contribution in [1.82, 2.24) is 4.98 Å². The number of thioether (sulfide) groups is 1. The summed E-state index contributed by atoms with van der Waals surface area (Å²) >= 11 is 6.74. The van der Waals surface area contributed by atoms with Crippen LogP contribution in [-0.2, 0) is 5.75 Å². The van der Waals surface area contributed by atoms with Gasteiger partial charge < -0.3 is 5.11 Å². The van der Waals surface area contributed by atoms with Crippen LogP contribution in [0.2, 0.25) is 0 Å². The van der Waals surface area contributed by atoms with Gasteiger partial charge >= 0.3 is 0 Å². The number of hydrogen-bond donors (Lipinski definition) is 1. The second kappa shape index (κ2) is 6.95. The Bertz CT molecular complexity index is 569. The Kier molecular flexibility index (Phi) is 5.26. The first-order chi connectivity index (χ1) is 8.78. The van der Waals surface area contributed by atoms with Crippen LogP contribution in [0.1, 0.15) is 10.4 Å². The van der Waals surface area contributed by atoms with Gasteiger partial charge in [0.1, 0.15) is 6.61 Å². The second-order valence-electron chi connectivity index (χ2n) is 3.36. The van der Waals surface area contributed by atoms with Gasteiger partial charge in [0.2, 0.25) is 0 Å². The zero-order valence-corrected chi connectivity index (χ0v) is 12.6. The third kappa shape index (κ3) is 4.14. The molecule has 0 amide bonds. The van der Waals surface area contributed by atoms with Crippen molar-refractivity contribution in [3.8, 4) is 11.8 Å². The fourth-order valence-corrected chi connectivity index (χ4v) is 3.20. The van der Waals surface area contributed by atoms with E-state index in [0.29, 0.717) is 0 Å². The molecule has 0 saturated carbocycles. The summed E-state index contributed by atoms with van der Waals surface area (Å²) in [5, 5.41) is 11.6. The van der Waals surface area contributed by atoms with Crippen molar-refractivity contribution in [2.45, 2.75) is 10.8 Å². The number of pyridine rings is 1. The van der Waals surface area contributed by atoms with Gasteiger partial charge in [-0.05, 0) is 34.1 Å². The van der Waals surface area contributed by atoms with Crippen molar-refractivity contribution in [2.75, 3.05) is 6.61 Å². The van der Waals surface area contributed by atoms with Crippen LogP contribution < -0.4 is 0 Å². The normalized spacial score (nSPS) is 9.89. The summed E-state index contributed by atoms with van der Waals surface area (Å²) in [6.07, 6.45) is 1.80. The maximum Gasteiger partial charge on any atom is 0.104 e. The van der Waals surface area contributed by atoms with E-state index >= 15 is 0 Å². The fourth-order valence-electron chi connectivity index (χ4n) is 1.26. The summed E-state index contributed by atoms with van der Waals surface area (Å²) in [5.41, 5.74) is 0.966. The summed E-state index contributed by atoms with van der Waals surface area (Å²) in [7, 11) is 0. The maximum absolute atomic E-state index is 8.62. The minimum Gasteiger partial charge on any atom is -0.384 e. The Morgan fingerprint density at radius 1 is 1.44 bits per heavy atom. The van der Waals surface area contributed by atoms with Gasteiger partial charge in [0.15, 0.2) is 0 Å². The lowest BCUT2D eigenvalue weighted by Crippen LogP contribution is -1.80. The first kappa shape index (κ1) is 13.6. The van der Waals surface area contributed by atoms with E-state index in [1.807, 2.05) is 17.5 Å². The number of aliphatic hydroxyl groups is 1. The average Bonchev–Trinajstić information content (AvgIpc) is 2.84. The molecule has 0 radical (unpaired) electrons. The van der Waals surface area contributed by atoms with Crippen LogP contribution in [0.25, 0.3) is 0 Å². The monoisotopic (exact) mass is 339 g/mol. The van der Waals surface area contributed by atoms with Crippen LogP contribution in [0, 0.1) is 11.8 Å². The second-order valence-corrected chi connectivity index (χ2v) is 6.27. The van der Waals surface area contributed by atoms with Gasteiger partial charge in [0.05, 0.1) is 5.03 Å². The smallest absolute Gasteiger partial charge is 0.104 e. The largest absolute Gasteiger partial charge is 0.384 e. The van der Waals surface area contributed by atoms with E-state index in [1.165, 1.54) is 4.88 Å². The van der Waals surface area contributed by atoms with Gasteiger partial charge in [-0.15, -0.1) is 23.1 Å². The van der Waals surface area contributed by atoms with Crippen LogP contribution in [0.3, 0.4) is 0 Å². The molecule has 18 heavy (non-hydrogen) atoms. The topological polar surface area (TPSA) is 33.1 Å². The number of aliphatic hydroxyl groups excluding tert-OH is 1. The van der Waals surface area contributed by atoms with Crippen LogP contribution in [0.15, 0.2) is 39.3 Å². The number of hydrogen-bond acceptors (Lipinski definition) is 4. The molecule has 2 heterocycles. The number of thiophene rings is 1. The quantitative estimate of drug-likeness (QED) is 0.685. The van der Waals surface area contributed by atoms with Gasteiger partial charge in [0, 0.05) is 32.2 Å². The lowest BCUT2D eigenvalue weighted by atomic mass is 10.3. The zero-order valence-electron chi connectivity index (χ0n) is 9.39. The van der Waals surface area contributed by atoms with Crippen molar-refractivity contribution in [1.29, 1.82) is 0 Å². The predicted octanol–water partition coefficient (Wildman–Crippen LogP) is 3.54. The highest BCUT2D eigenvalue weighted by Gasteiger charge is 2.01. The molecular formula is C13H10BrNOS2. The van der Waals surface area contributed by atoms with Crippen LogP contribution in [0.4, 0.5) is 0 Å². The lowest BCUT2D eigenvalue weighted by Gasteiger charge is -1.98. The van der Waals surface area contributed by atoms with Gasteiger partial charge in [-0.3, -0.25) is 0 Å². The number of nitrogens with zero attached hydrogens (tertiary/aromatic N) is 1. The lowest BCUT2D eigenvalue weighted by molar-refractivity contribution is 0.350. The molecule has 0 aliphatic carbocycles. The highest BCUT2D eigenvalue weighted by atomic mass is 79.9. The van der Waals surface area contributed by atoms with E-state index in [4.69, 9.17) is 5.11 Å². The fraction of sp³-hybridized carbons (Fsp3) is 0.154.